The lowest BCUT2D eigenvalue weighted by Gasteiger charge is -1.97. The fourth-order valence-electron chi connectivity index (χ4n) is 1.23. The fourth-order valence-corrected chi connectivity index (χ4v) is 1.23. The van der Waals surface area contributed by atoms with Gasteiger partial charge in [0.15, 0.2) is 5.82 Å². The average molecular weight is 199 g/mol. The van der Waals surface area contributed by atoms with Gasteiger partial charge in [0.05, 0.1) is 19.0 Å². The highest BCUT2D eigenvalue weighted by Crippen LogP contribution is 1.99. The Morgan fingerprint density at radius 1 is 1.27 bits per heavy atom. The molecule has 0 saturated carbocycles. The van der Waals surface area contributed by atoms with Crippen LogP contribution in [-0.4, -0.2) is 20.2 Å². The van der Waals surface area contributed by atoms with Crippen LogP contribution in [-0.2, 0) is 13.0 Å². The van der Waals surface area contributed by atoms with Gasteiger partial charge in [0.25, 0.3) is 0 Å². The van der Waals surface area contributed by atoms with Crippen LogP contribution in [0.2, 0.25) is 0 Å². The number of aromatic nitrogens is 4. The Hall–Kier alpha value is -2.22. The molecule has 0 atom stereocenters. The molecule has 0 spiro atoms. The zero-order valence-corrected chi connectivity index (χ0v) is 8.04. The summed E-state index contributed by atoms with van der Waals surface area (Å²) in [6.45, 7) is 0.583. The average Bonchev–Trinajstić information content (AvgIpc) is 2.68. The first-order valence-electron chi connectivity index (χ1n) is 4.56. The van der Waals surface area contributed by atoms with E-state index in [4.69, 9.17) is 5.26 Å². The summed E-state index contributed by atoms with van der Waals surface area (Å²) in [5.74, 6) is 0.466. The van der Waals surface area contributed by atoms with Crippen LogP contribution in [0.25, 0.3) is 0 Å². The molecule has 5 nitrogen and oxygen atoms in total. The monoisotopic (exact) mass is 199 g/mol. The maximum absolute atomic E-state index is 8.45. The third-order valence-corrected chi connectivity index (χ3v) is 1.90. The topological polar surface area (TPSA) is 67.4 Å². The molecule has 1 heterocycles. The third-order valence-electron chi connectivity index (χ3n) is 1.90. The van der Waals surface area contributed by atoms with E-state index < -0.39 is 0 Å². The smallest absolute Gasteiger partial charge is 0.188 e. The lowest BCUT2D eigenvalue weighted by Crippen LogP contribution is -2.03. The van der Waals surface area contributed by atoms with E-state index >= 15 is 0 Å². The summed E-state index contributed by atoms with van der Waals surface area (Å²) in [5, 5.41) is 20.1. The van der Waals surface area contributed by atoms with Crippen molar-refractivity contribution in [1.29, 1.82) is 5.26 Å². The minimum Gasteiger partial charge on any atom is -0.198 e. The van der Waals surface area contributed by atoms with Gasteiger partial charge < -0.3 is 0 Å². The Morgan fingerprint density at radius 2 is 2.07 bits per heavy atom. The van der Waals surface area contributed by atoms with Gasteiger partial charge in [-0.2, -0.15) is 10.1 Å². The molecule has 0 N–H and O–H groups in total. The van der Waals surface area contributed by atoms with Gasteiger partial charge in [0, 0.05) is 0 Å². The van der Waals surface area contributed by atoms with Crippen LogP contribution in [0.1, 0.15) is 11.4 Å². The quantitative estimate of drug-likeness (QED) is 0.732. The first kappa shape index (κ1) is 9.34. The molecule has 5 heteroatoms. The number of rotatable bonds is 3. The zero-order chi connectivity index (χ0) is 10.5. The predicted molar refractivity (Wildman–Crippen MR) is 52.7 cm³/mol. The van der Waals surface area contributed by atoms with Crippen molar-refractivity contribution in [2.75, 3.05) is 0 Å². The van der Waals surface area contributed by atoms with Gasteiger partial charge in [-0.3, -0.25) is 0 Å². The highest BCUT2D eigenvalue weighted by molar-refractivity contribution is 5.14. The first-order valence-corrected chi connectivity index (χ1v) is 4.56. The van der Waals surface area contributed by atoms with Gasteiger partial charge in [-0.1, -0.05) is 30.3 Å². The van der Waals surface area contributed by atoms with Crippen molar-refractivity contribution in [2.45, 2.75) is 13.0 Å². The Bertz CT molecular complexity index is 468. The second kappa shape index (κ2) is 4.33. The number of tetrazole rings is 1. The van der Waals surface area contributed by atoms with E-state index in [0.29, 0.717) is 12.4 Å². The minimum absolute atomic E-state index is 0.203. The second-order valence-corrected chi connectivity index (χ2v) is 3.06. The molecule has 0 saturated heterocycles. The van der Waals surface area contributed by atoms with Gasteiger partial charge in [0.1, 0.15) is 0 Å². The van der Waals surface area contributed by atoms with Crippen LogP contribution in [0, 0.1) is 11.3 Å². The highest BCUT2D eigenvalue weighted by atomic mass is 15.6. The highest BCUT2D eigenvalue weighted by Gasteiger charge is 2.01. The fraction of sp³-hybridized carbons (Fsp3) is 0.200. The number of benzene rings is 1. The van der Waals surface area contributed by atoms with E-state index in [2.05, 4.69) is 15.4 Å². The largest absolute Gasteiger partial charge is 0.198 e. The van der Waals surface area contributed by atoms with Crippen molar-refractivity contribution < 1.29 is 0 Å². The molecule has 1 aromatic heterocycles. The minimum atomic E-state index is 0.203. The van der Waals surface area contributed by atoms with Crippen LogP contribution < -0.4 is 0 Å². The predicted octanol–water partition coefficient (Wildman–Crippen LogP) is 0.787. The van der Waals surface area contributed by atoms with E-state index in [1.165, 1.54) is 4.80 Å². The maximum Gasteiger partial charge on any atom is 0.188 e. The van der Waals surface area contributed by atoms with Gasteiger partial charge in [-0.15, -0.1) is 10.2 Å². The Labute approximate surface area is 87.0 Å². The molecule has 74 valence electrons. The molecule has 0 aliphatic carbocycles. The molecule has 0 unspecified atom stereocenters. The Kier molecular flexibility index (Phi) is 2.70. The molecule has 15 heavy (non-hydrogen) atoms. The second-order valence-electron chi connectivity index (χ2n) is 3.06. The van der Waals surface area contributed by atoms with Crippen molar-refractivity contribution in [2.24, 2.45) is 0 Å². The van der Waals surface area contributed by atoms with Crippen molar-refractivity contribution in [3.63, 3.8) is 0 Å². The molecule has 0 aliphatic heterocycles. The van der Waals surface area contributed by atoms with Crippen LogP contribution in [0.3, 0.4) is 0 Å². The summed E-state index contributed by atoms with van der Waals surface area (Å²) >= 11 is 0. The number of nitrogens with zero attached hydrogens (tertiary/aromatic N) is 5. The molecule has 0 aliphatic rings. The summed E-state index contributed by atoms with van der Waals surface area (Å²) < 4.78 is 0. The van der Waals surface area contributed by atoms with E-state index in [1.807, 2.05) is 36.4 Å². The van der Waals surface area contributed by atoms with Crippen molar-refractivity contribution in [1.82, 2.24) is 20.2 Å². The molecular formula is C10H9N5. The first-order chi connectivity index (χ1) is 7.38. The molecule has 0 amide bonds. The molecular weight excluding hydrogens is 190 g/mol. The summed E-state index contributed by atoms with van der Waals surface area (Å²) in [6.07, 6.45) is 0.203. The summed E-state index contributed by atoms with van der Waals surface area (Å²) in [7, 11) is 0. The molecule has 0 bridgehead atoms. The summed E-state index contributed by atoms with van der Waals surface area (Å²) in [4.78, 5) is 1.49. The van der Waals surface area contributed by atoms with E-state index in [-0.39, 0.29) is 6.42 Å². The van der Waals surface area contributed by atoms with E-state index in [0.717, 1.165) is 5.56 Å². The lowest BCUT2D eigenvalue weighted by molar-refractivity contribution is 0.571. The Balaban J connectivity index is 2.09. The van der Waals surface area contributed by atoms with Crippen molar-refractivity contribution in [3.05, 3.63) is 41.7 Å². The summed E-state index contributed by atoms with van der Waals surface area (Å²) in [5.41, 5.74) is 1.11. The van der Waals surface area contributed by atoms with Crippen LogP contribution in [0.15, 0.2) is 30.3 Å². The maximum atomic E-state index is 8.45. The molecule has 0 radical (unpaired) electrons. The normalized spacial score (nSPS) is 9.80. The number of hydrogen-bond acceptors (Lipinski definition) is 4. The third kappa shape index (κ3) is 2.38. The molecule has 1 aromatic carbocycles. The molecule has 0 fully saturated rings. The molecule has 2 aromatic rings. The van der Waals surface area contributed by atoms with Crippen LogP contribution >= 0.6 is 0 Å². The lowest BCUT2D eigenvalue weighted by atomic mass is 10.2. The van der Waals surface area contributed by atoms with E-state index in [1.54, 1.807) is 0 Å². The molecule has 2 rings (SSSR count). The number of nitriles is 1. The Morgan fingerprint density at radius 3 is 2.80 bits per heavy atom. The van der Waals surface area contributed by atoms with Crippen LogP contribution in [0.5, 0.6) is 0 Å². The van der Waals surface area contributed by atoms with Gasteiger partial charge in [-0.25, -0.2) is 0 Å². The van der Waals surface area contributed by atoms with Gasteiger partial charge in [-0.05, 0) is 10.8 Å². The van der Waals surface area contributed by atoms with Crippen molar-refractivity contribution >= 4 is 0 Å². The summed E-state index contributed by atoms with van der Waals surface area (Å²) in [6, 6.07) is 11.8. The van der Waals surface area contributed by atoms with Gasteiger partial charge >= 0.3 is 0 Å². The van der Waals surface area contributed by atoms with Crippen LogP contribution in [0.4, 0.5) is 0 Å². The SMILES string of the molecule is N#CCc1nnn(Cc2ccccc2)n1. The standard InChI is InChI=1S/C10H9N5/c11-7-6-10-12-14-15(13-10)8-9-4-2-1-3-5-9/h1-5H,6,8H2. The van der Waals surface area contributed by atoms with Crippen molar-refractivity contribution in [3.8, 4) is 6.07 Å². The number of hydrogen-bond donors (Lipinski definition) is 0. The van der Waals surface area contributed by atoms with E-state index in [9.17, 15) is 0 Å². The zero-order valence-electron chi connectivity index (χ0n) is 8.04. The van der Waals surface area contributed by atoms with Gasteiger partial charge in [0.2, 0.25) is 0 Å².